The molecule has 2 aliphatic rings. The Morgan fingerprint density at radius 2 is 2.03 bits per heavy atom. The van der Waals surface area contributed by atoms with E-state index < -0.39 is 9.84 Å². The molecule has 1 atom stereocenters. The quantitative estimate of drug-likeness (QED) is 0.430. The molecule has 0 bridgehead atoms. The summed E-state index contributed by atoms with van der Waals surface area (Å²) >= 11 is 1.78. The molecule has 1 aromatic heterocycles. The number of aliphatic imine (C=N–C) groups is 1. The van der Waals surface area contributed by atoms with Crippen LogP contribution in [-0.4, -0.2) is 70.1 Å². The molecule has 162 valence electrons. The summed E-state index contributed by atoms with van der Waals surface area (Å²) < 4.78 is 23.0. The number of carbonyl (C=O) groups excluding carboxylic acids is 1. The Morgan fingerprint density at radius 1 is 1.24 bits per heavy atom. The van der Waals surface area contributed by atoms with Crippen LogP contribution in [0.4, 0.5) is 5.00 Å². The van der Waals surface area contributed by atoms with Crippen LogP contribution < -0.4 is 20.9 Å². The van der Waals surface area contributed by atoms with E-state index >= 15 is 0 Å². The van der Waals surface area contributed by atoms with Crippen LogP contribution in [-0.2, 0) is 14.6 Å². The fraction of sp³-hybridized carbons (Fsp3) is 0.684. The molecule has 2 fully saturated rings. The minimum Gasteiger partial charge on any atom is -0.363 e. The van der Waals surface area contributed by atoms with Crippen LogP contribution >= 0.6 is 11.3 Å². The molecular weight excluding hydrogens is 410 g/mol. The van der Waals surface area contributed by atoms with Crippen molar-refractivity contribution < 1.29 is 13.2 Å². The van der Waals surface area contributed by atoms with Gasteiger partial charge in [-0.05, 0) is 43.7 Å². The van der Waals surface area contributed by atoms with Gasteiger partial charge in [0.25, 0.3) is 0 Å². The largest absolute Gasteiger partial charge is 0.363 e. The summed E-state index contributed by atoms with van der Waals surface area (Å²) in [6.45, 7) is 5.18. The highest BCUT2D eigenvalue weighted by atomic mass is 32.2. The van der Waals surface area contributed by atoms with Crippen molar-refractivity contribution in [3.8, 4) is 0 Å². The first-order valence-electron chi connectivity index (χ1n) is 10.3. The Labute approximate surface area is 177 Å². The van der Waals surface area contributed by atoms with Gasteiger partial charge in [0.1, 0.15) is 0 Å². The van der Waals surface area contributed by atoms with Gasteiger partial charge in [0.05, 0.1) is 23.1 Å². The van der Waals surface area contributed by atoms with E-state index in [0.717, 1.165) is 38.4 Å². The van der Waals surface area contributed by atoms with Crippen molar-refractivity contribution in [2.24, 2.45) is 4.99 Å². The lowest BCUT2D eigenvalue weighted by Gasteiger charge is -2.33. The fourth-order valence-electron chi connectivity index (χ4n) is 3.69. The van der Waals surface area contributed by atoms with Crippen LogP contribution in [0.2, 0.25) is 0 Å². The predicted octanol–water partition coefficient (Wildman–Crippen LogP) is 0.965. The van der Waals surface area contributed by atoms with Crippen LogP contribution in [0.1, 0.15) is 32.6 Å². The molecule has 8 nitrogen and oxygen atoms in total. The third-order valence-corrected chi connectivity index (χ3v) is 7.90. The van der Waals surface area contributed by atoms with Crippen molar-refractivity contribution in [2.45, 2.75) is 44.7 Å². The van der Waals surface area contributed by atoms with E-state index in [1.807, 2.05) is 6.92 Å². The van der Waals surface area contributed by atoms with Crippen molar-refractivity contribution in [3.05, 3.63) is 17.5 Å². The van der Waals surface area contributed by atoms with E-state index in [1.165, 1.54) is 5.00 Å². The molecule has 1 aromatic rings. The molecule has 0 saturated carbocycles. The highest BCUT2D eigenvalue weighted by Gasteiger charge is 2.28. The third kappa shape index (κ3) is 6.88. The van der Waals surface area contributed by atoms with Gasteiger partial charge in [-0.3, -0.25) is 9.79 Å². The number of guanidine groups is 1. The lowest BCUT2D eigenvalue weighted by atomic mass is 10.1. The molecule has 0 aliphatic carbocycles. The first-order chi connectivity index (χ1) is 13.9. The van der Waals surface area contributed by atoms with Gasteiger partial charge in [-0.2, -0.15) is 0 Å². The summed E-state index contributed by atoms with van der Waals surface area (Å²) in [4.78, 5) is 19.0. The van der Waals surface area contributed by atoms with E-state index in [-0.39, 0.29) is 29.9 Å². The smallest absolute Gasteiger partial charge is 0.222 e. The minimum absolute atomic E-state index is 0.0520. The molecule has 1 unspecified atom stereocenters. The van der Waals surface area contributed by atoms with E-state index in [0.29, 0.717) is 19.0 Å². The standard InChI is InChI=1S/C19H31N5O3S2/c1-2-20-19(21-9-5-17(25)22-16-8-13-29(26,27)14-16)23-15-6-10-24(11-7-15)18-4-3-12-28-18/h3-4,12,15-16H,2,5-11,13-14H2,1H3,(H,22,25)(H2,20,21,23). The van der Waals surface area contributed by atoms with Crippen LogP contribution in [0.3, 0.4) is 0 Å². The maximum Gasteiger partial charge on any atom is 0.222 e. The summed E-state index contributed by atoms with van der Waals surface area (Å²) in [5.41, 5.74) is 0. The zero-order valence-electron chi connectivity index (χ0n) is 16.9. The molecule has 1 amide bonds. The van der Waals surface area contributed by atoms with E-state index in [9.17, 15) is 13.2 Å². The number of carbonyl (C=O) groups is 1. The lowest BCUT2D eigenvalue weighted by molar-refractivity contribution is -0.121. The summed E-state index contributed by atoms with van der Waals surface area (Å²) in [6.07, 6.45) is 2.84. The Balaban J connectivity index is 1.41. The summed E-state index contributed by atoms with van der Waals surface area (Å²) in [5.74, 6) is 0.806. The second-order valence-corrected chi connectivity index (χ2v) is 10.7. The number of hydrogen-bond acceptors (Lipinski definition) is 6. The highest BCUT2D eigenvalue weighted by molar-refractivity contribution is 7.91. The number of sulfone groups is 1. The SMILES string of the molecule is CCNC(=NCCC(=O)NC1CCS(=O)(=O)C1)NC1CCN(c2cccs2)CC1. The second-order valence-electron chi connectivity index (χ2n) is 7.54. The van der Waals surface area contributed by atoms with Crippen LogP contribution in [0.5, 0.6) is 0 Å². The van der Waals surface area contributed by atoms with Crippen molar-refractivity contribution >= 4 is 38.0 Å². The summed E-state index contributed by atoms with van der Waals surface area (Å²) in [6, 6.07) is 4.36. The molecule has 3 N–H and O–H groups in total. The Hall–Kier alpha value is -1.81. The van der Waals surface area contributed by atoms with Gasteiger partial charge in [0.15, 0.2) is 15.8 Å². The number of rotatable bonds is 7. The molecular formula is C19H31N5O3S2. The molecule has 2 aliphatic heterocycles. The zero-order valence-corrected chi connectivity index (χ0v) is 18.5. The van der Waals surface area contributed by atoms with Crippen LogP contribution in [0.25, 0.3) is 0 Å². The van der Waals surface area contributed by atoms with Crippen molar-refractivity contribution in [3.63, 3.8) is 0 Å². The molecule has 29 heavy (non-hydrogen) atoms. The number of piperidine rings is 1. The van der Waals surface area contributed by atoms with Crippen molar-refractivity contribution in [1.82, 2.24) is 16.0 Å². The molecule has 0 radical (unpaired) electrons. The number of anilines is 1. The Bertz CT molecular complexity index is 787. The number of nitrogens with one attached hydrogen (secondary N) is 3. The minimum atomic E-state index is -2.98. The normalized spacial score (nSPS) is 22.4. The maximum absolute atomic E-state index is 12.1. The maximum atomic E-state index is 12.1. The molecule has 3 rings (SSSR count). The first kappa shape index (κ1) is 21.9. The molecule has 0 aromatic carbocycles. The monoisotopic (exact) mass is 441 g/mol. The van der Waals surface area contributed by atoms with Crippen molar-refractivity contribution in [2.75, 3.05) is 42.6 Å². The van der Waals surface area contributed by atoms with E-state index in [1.54, 1.807) is 11.3 Å². The van der Waals surface area contributed by atoms with Crippen LogP contribution in [0, 0.1) is 0 Å². The van der Waals surface area contributed by atoms with Gasteiger partial charge in [0.2, 0.25) is 5.91 Å². The Kier molecular flexibility index (Phi) is 7.77. The number of amides is 1. The molecule has 2 saturated heterocycles. The summed E-state index contributed by atoms with van der Waals surface area (Å²) in [7, 11) is -2.98. The van der Waals surface area contributed by atoms with Gasteiger partial charge in [-0.25, -0.2) is 8.42 Å². The predicted molar refractivity (Wildman–Crippen MR) is 118 cm³/mol. The lowest BCUT2D eigenvalue weighted by Crippen LogP contribution is -2.48. The molecule has 0 spiro atoms. The van der Waals surface area contributed by atoms with Gasteiger partial charge in [-0.1, -0.05) is 0 Å². The van der Waals surface area contributed by atoms with Gasteiger partial charge in [-0.15, -0.1) is 11.3 Å². The summed E-state index contributed by atoms with van der Waals surface area (Å²) in [5, 5.41) is 13.0. The Morgan fingerprint density at radius 3 is 2.66 bits per heavy atom. The van der Waals surface area contributed by atoms with Gasteiger partial charge >= 0.3 is 0 Å². The average Bonchev–Trinajstić information content (AvgIpc) is 3.32. The first-order valence-corrected chi connectivity index (χ1v) is 13.0. The van der Waals surface area contributed by atoms with Gasteiger partial charge in [0, 0.05) is 38.1 Å². The number of nitrogens with zero attached hydrogens (tertiary/aromatic N) is 2. The average molecular weight is 442 g/mol. The third-order valence-electron chi connectivity index (χ3n) is 5.20. The topological polar surface area (TPSA) is 103 Å². The number of thiophene rings is 1. The zero-order chi connectivity index (χ0) is 20.7. The van der Waals surface area contributed by atoms with Gasteiger partial charge < -0.3 is 20.9 Å². The fourth-order valence-corrected chi connectivity index (χ4v) is 6.14. The molecule has 3 heterocycles. The second kappa shape index (κ2) is 10.3. The van der Waals surface area contributed by atoms with Crippen molar-refractivity contribution in [1.29, 1.82) is 0 Å². The molecule has 10 heteroatoms. The highest BCUT2D eigenvalue weighted by Crippen LogP contribution is 2.24. The van der Waals surface area contributed by atoms with E-state index in [2.05, 4.69) is 43.4 Å². The van der Waals surface area contributed by atoms with Crippen LogP contribution in [0.15, 0.2) is 22.5 Å². The number of hydrogen-bond donors (Lipinski definition) is 3. The van der Waals surface area contributed by atoms with E-state index in [4.69, 9.17) is 0 Å².